The molecule has 2 rings (SSSR count). The molecule has 3 N–H and O–H groups in total. The second-order valence-corrected chi connectivity index (χ2v) is 5.15. The summed E-state index contributed by atoms with van der Waals surface area (Å²) in [7, 11) is 0. The monoisotopic (exact) mass is 286 g/mol. The maximum Gasteiger partial charge on any atom is 0.289 e. The lowest BCUT2D eigenvalue weighted by Crippen LogP contribution is -2.51. The average Bonchev–Trinajstić information content (AvgIpc) is 2.44. The number of aromatic hydroxyl groups is 1. The molecule has 0 radical (unpaired) electrons. The number of phenols is 1. The number of nitrogens with one attached hydrogen (secondary N) is 1. The lowest BCUT2D eigenvalue weighted by atomic mass is 9.96. The van der Waals surface area contributed by atoms with Crippen molar-refractivity contribution in [2.45, 2.75) is 18.9 Å². The minimum Gasteiger partial charge on any atom is -0.508 e. The summed E-state index contributed by atoms with van der Waals surface area (Å²) in [5.41, 5.74) is 0.970. The summed E-state index contributed by atoms with van der Waals surface area (Å²) in [6.45, 7) is 2.77. The van der Waals surface area contributed by atoms with Crippen molar-refractivity contribution in [1.29, 1.82) is 0 Å². The average molecular weight is 286 g/mol. The first-order chi connectivity index (χ1) is 9.45. The molecule has 1 heterocycles. The van der Waals surface area contributed by atoms with Gasteiger partial charge in [-0.15, -0.1) is 0 Å². The Morgan fingerprint density at radius 3 is 2.55 bits per heavy atom. The van der Waals surface area contributed by atoms with E-state index >= 15 is 0 Å². The van der Waals surface area contributed by atoms with Crippen LogP contribution in [0.15, 0.2) is 18.2 Å². The molecule has 112 valence electrons. The zero-order valence-corrected chi connectivity index (χ0v) is 11.4. The zero-order chi connectivity index (χ0) is 14.8. The standard InChI is InChI=1S/C14H20F2N2O2/c1-10-8-11(2-3-12(10)20)13(14(15,16)9-19)18-6-4-17-5-7-18/h2-3,8,13,17,19-20H,4-7,9H2,1H3/t13-/m0/s1. The molecule has 4 nitrogen and oxygen atoms in total. The van der Waals surface area contributed by atoms with Crippen LogP contribution in [0.25, 0.3) is 0 Å². The van der Waals surface area contributed by atoms with Crippen molar-refractivity contribution in [1.82, 2.24) is 10.2 Å². The van der Waals surface area contributed by atoms with Crippen LogP contribution in [0.4, 0.5) is 8.78 Å². The lowest BCUT2D eigenvalue weighted by Gasteiger charge is -2.38. The van der Waals surface area contributed by atoms with Crippen LogP contribution in [0.1, 0.15) is 17.2 Å². The molecule has 0 saturated carbocycles. The van der Waals surface area contributed by atoms with Gasteiger partial charge in [0.05, 0.1) is 0 Å². The topological polar surface area (TPSA) is 55.7 Å². The number of nitrogens with zero attached hydrogens (tertiary/aromatic N) is 1. The first-order valence-corrected chi connectivity index (χ1v) is 6.68. The number of aryl methyl sites for hydroxylation is 1. The fraction of sp³-hybridized carbons (Fsp3) is 0.571. The Morgan fingerprint density at radius 1 is 1.35 bits per heavy atom. The number of benzene rings is 1. The van der Waals surface area contributed by atoms with Gasteiger partial charge in [-0.2, -0.15) is 0 Å². The van der Waals surface area contributed by atoms with Crippen LogP contribution < -0.4 is 5.32 Å². The Kier molecular flexibility index (Phi) is 4.57. The van der Waals surface area contributed by atoms with Crippen LogP contribution >= 0.6 is 0 Å². The number of aliphatic hydroxyl groups is 1. The van der Waals surface area contributed by atoms with E-state index in [9.17, 15) is 13.9 Å². The Hall–Kier alpha value is -1.24. The smallest absolute Gasteiger partial charge is 0.289 e. The summed E-state index contributed by atoms with van der Waals surface area (Å²) < 4.78 is 28.3. The summed E-state index contributed by atoms with van der Waals surface area (Å²) in [4.78, 5) is 1.68. The first kappa shape index (κ1) is 15.2. The Balaban J connectivity index is 2.36. The highest BCUT2D eigenvalue weighted by atomic mass is 19.3. The Bertz CT molecular complexity index is 462. The van der Waals surface area contributed by atoms with Gasteiger partial charge in [0, 0.05) is 26.2 Å². The molecule has 1 aliphatic rings. The van der Waals surface area contributed by atoms with Gasteiger partial charge in [0.25, 0.3) is 5.92 Å². The van der Waals surface area contributed by atoms with Gasteiger partial charge in [-0.05, 0) is 24.1 Å². The van der Waals surface area contributed by atoms with E-state index in [0.29, 0.717) is 37.3 Å². The van der Waals surface area contributed by atoms with E-state index in [4.69, 9.17) is 5.11 Å². The van der Waals surface area contributed by atoms with Crippen LogP contribution in [-0.2, 0) is 0 Å². The zero-order valence-electron chi connectivity index (χ0n) is 11.4. The van der Waals surface area contributed by atoms with Crippen LogP contribution in [0.2, 0.25) is 0 Å². The van der Waals surface area contributed by atoms with Crippen molar-refractivity contribution in [2.24, 2.45) is 0 Å². The van der Waals surface area contributed by atoms with Gasteiger partial charge in [-0.25, -0.2) is 8.78 Å². The van der Waals surface area contributed by atoms with E-state index in [0.717, 1.165) is 0 Å². The van der Waals surface area contributed by atoms with Crippen LogP contribution in [0.5, 0.6) is 5.75 Å². The molecule has 1 fully saturated rings. The van der Waals surface area contributed by atoms with Crippen LogP contribution in [-0.4, -0.2) is 53.8 Å². The molecule has 20 heavy (non-hydrogen) atoms. The second-order valence-electron chi connectivity index (χ2n) is 5.15. The third-order valence-corrected chi connectivity index (χ3v) is 3.66. The minimum absolute atomic E-state index is 0.0834. The molecule has 6 heteroatoms. The molecule has 0 aliphatic carbocycles. The van der Waals surface area contributed by atoms with Gasteiger partial charge in [0.1, 0.15) is 18.4 Å². The molecule has 1 atom stereocenters. The fourth-order valence-corrected chi connectivity index (χ4v) is 2.60. The number of hydrogen-bond donors (Lipinski definition) is 3. The molecule has 1 aromatic rings. The van der Waals surface area contributed by atoms with Crippen molar-refractivity contribution in [3.8, 4) is 5.75 Å². The molecule has 1 aromatic carbocycles. The third kappa shape index (κ3) is 3.08. The number of piperazine rings is 1. The highest BCUT2D eigenvalue weighted by molar-refractivity contribution is 5.37. The normalized spacial score (nSPS) is 19.0. The van der Waals surface area contributed by atoms with Crippen molar-refractivity contribution in [2.75, 3.05) is 32.8 Å². The number of phenolic OH excluding ortho intramolecular Hbond substituents is 1. The van der Waals surface area contributed by atoms with Crippen LogP contribution in [0.3, 0.4) is 0 Å². The molecule has 0 bridgehead atoms. The Morgan fingerprint density at radius 2 is 2.00 bits per heavy atom. The molecule has 0 unspecified atom stereocenters. The van der Waals surface area contributed by atoms with Crippen molar-refractivity contribution >= 4 is 0 Å². The molecule has 1 saturated heterocycles. The van der Waals surface area contributed by atoms with E-state index in [2.05, 4.69) is 5.32 Å². The molecule has 0 aromatic heterocycles. The summed E-state index contributed by atoms with van der Waals surface area (Å²) in [5, 5.41) is 21.7. The highest BCUT2D eigenvalue weighted by Gasteiger charge is 2.44. The number of alkyl halides is 2. The molecule has 1 aliphatic heterocycles. The second kappa shape index (κ2) is 6.03. The summed E-state index contributed by atoms with van der Waals surface area (Å²) in [5.74, 6) is -3.14. The van der Waals surface area contributed by atoms with E-state index in [-0.39, 0.29) is 5.75 Å². The predicted octanol–water partition coefficient (Wildman–Crippen LogP) is 1.27. The van der Waals surface area contributed by atoms with E-state index in [1.807, 2.05) is 0 Å². The van der Waals surface area contributed by atoms with Gasteiger partial charge >= 0.3 is 0 Å². The number of rotatable bonds is 4. The Labute approximate surface area is 117 Å². The summed E-state index contributed by atoms with van der Waals surface area (Å²) >= 11 is 0. The highest BCUT2D eigenvalue weighted by Crippen LogP contribution is 2.37. The predicted molar refractivity (Wildman–Crippen MR) is 72.1 cm³/mol. The van der Waals surface area contributed by atoms with Gasteiger partial charge in [-0.3, -0.25) is 4.90 Å². The molecular formula is C14H20F2N2O2. The van der Waals surface area contributed by atoms with Gasteiger partial charge < -0.3 is 15.5 Å². The van der Waals surface area contributed by atoms with Crippen molar-refractivity contribution < 1.29 is 19.0 Å². The minimum atomic E-state index is -3.22. The molecule has 0 amide bonds. The first-order valence-electron chi connectivity index (χ1n) is 6.68. The number of hydrogen-bond acceptors (Lipinski definition) is 4. The van der Waals surface area contributed by atoms with Gasteiger partial charge in [-0.1, -0.05) is 12.1 Å². The van der Waals surface area contributed by atoms with E-state index in [1.165, 1.54) is 12.1 Å². The third-order valence-electron chi connectivity index (χ3n) is 3.66. The fourth-order valence-electron chi connectivity index (χ4n) is 2.60. The number of aliphatic hydroxyl groups excluding tert-OH is 1. The van der Waals surface area contributed by atoms with Crippen molar-refractivity contribution in [3.05, 3.63) is 29.3 Å². The van der Waals surface area contributed by atoms with Gasteiger partial charge in [0.2, 0.25) is 0 Å². The van der Waals surface area contributed by atoms with E-state index in [1.54, 1.807) is 17.9 Å². The lowest BCUT2D eigenvalue weighted by molar-refractivity contribution is -0.118. The summed E-state index contributed by atoms with van der Waals surface area (Å²) in [6, 6.07) is 3.31. The largest absolute Gasteiger partial charge is 0.508 e. The molecule has 0 spiro atoms. The maximum atomic E-state index is 14.1. The quantitative estimate of drug-likeness (QED) is 0.780. The van der Waals surface area contributed by atoms with E-state index < -0.39 is 18.6 Å². The maximum absolute atomic E-state index is 14.1. The van der Waals surface area contributed by atoms with Gasteiger partial charge in [0.15, 0.2) is 0 Å². The van der Waals surface area contributed by atoms with Crippen molar-refractivity contribution in [3.63, 3.8) is 0 Å². The SMILES string of the molecule is Cc1cc([C@H](N2CCNCC2)C(F)(F)CO)ccc1O. The van der Waals surface area contributed by atoms with Crippen LogP contribution in [0, 0.1) is 6.92 Å². The summed E-state index contributed by atoms with van der Waals surface area (Å²) in [6.07, 6.45) is 0. The number of halogens is 2. The molecular weight excluding hydrogens is 266 g/mol.